The first kappa shape index (κ1) is 16.4. The highest BCUT2D eigenvalue weighted by Gasteiger charge is 2.23. The largest absolute Gasteiger partial charge is 0.396 e. The molecule has 0 heterocycles. The molecule has 0 bridgehead atoms. The number of nitrogens with zero attached hydrogens (tertiary/aromatic N) is 1. The van der Waals surface area contributed by atoms with Crippen LogP contribution in [-0.2, 0) is 10.0 Å². The Balaban J connectivity index is 2.82. The van der Waals surface area contributed by atoms with Crippen molar-refractivity contribution < 1.29 is 17.9 Å². The number of aliphatic hydroxyl groups excluding tert-OH is 1. The number of unbranched alkanes of at least 4 members (excludes halogenated alkanes) is 2. The van der Waals surface area contributed by atoms with Crippen LogP contribution in [0.2, 0.25) is 5.02 Å². The molecule has 1 aromatic rings. The Morgan fingerprint density at radius 1 is 1.32 bits per heavy atom. The van der Waals surface area contributed by atoms with E-state index in [0.717, 1.165) is 22.9 Å². The van der Waals surface area contributed by atoms with Crippen molar-refractivity contribution in [1.82, 2.24) is 4.31 Å². The van der Waals surface area contributed by atoms with E-state index in [9.17, 15) is 12.8 Å². The van der Waals surface area contributed by atoms with Gasteiger partial charge in [-0.05, 0) is 37.5 Å². The summed E-state index contributed by atoms with van der Waals surface area (Å²) in [6, 6.07) is 3.26. The molecule has 0 unspecified atom stereocenters. The fraction of sp³-hybridized carbons (Fsp3) is 0.500. The van der Waals surface area contributed by atoms with Gasteiger partial charge in [0.15, 0.2) is 0 Å². The second kappa shape index (κ2) is 7.19. The van der Waals surface area contributed by atoms with Crippen molar-refractivity contribution in [3.8, 4) is 0 Å². The maximum Gasteiger partial charge on any atom is 0.244 e. The van der Waals surface area contributed by atoms with Crippen molar-refractivity contribution in [3.05, 3.63) is 29.0 Å². The van der Waals surface area contributed by atoms with Gasteiger partial charge in [-0.1, -0.05) is 11.6 Å². The van der Waals surface area contributed by atoms with E-state index in [0.29, 0.717) is 19.4 Å². The van der Waals surface area contributed by atoms with Crippen LogP contribution >= 0.6 is 11.6 Å². The lowest BCUT2D eigenvalue weighted by Gasteiger charge is -2.17. The number of sulfonamides is 1. The van der Waals surface area contributed by atoms with Crippen LogP contribution in [0.25, 0.3) is 0 Å². The summed E-state index contributed by atoms with van der Waals surface area (Å²) in [5, 5.41) is 8.65. The van der Waals surface area contributed by atoms with E-state index >= 15 is 0 Å². The molecule has 108 valence electrons. The zero-order valence-corrected chi connectivity index (χ0v) is 12.2. The highest BCUT2D eigenvalue weighted by Crippen LogP contribution is 2.25. The van der Waals surface area contributed by atoms with E-state index in [1.54, 1.807) is 0 Å². The van der Waals surface area contributed by atoms with Crippen molar-refractivity contribution in [2.75, 3.05) is 20.2 Å². The molecule has 0 aromatic heterocycles. The summed E-state index contributed by atoms with van der Waals surface area (Å²) in [6.07, 6.45) is 1.99. The highest BCUT2D eigenvalue weighted by molar-refractivity contribution is 7.89. The Hall–Kier alpha value is -0.690. The van der Waals surface area contributed by atoms with Crippen LogP contribution in [0.15, 0.2) is 23.1 Å². The SMILES string of the molecule is CN(CCCCCO)S(=O)(=O)c1cc(F)ccc1Cl. The average Bonchev–Trinajstić information content (AvgIpc) is 2.37. The number of hydrogen-bond acceptors (Lipinski definition) is 3. The van der Waals surface area contributed by atoms with Crippen molar-refractivity contribution in [3.63, 3.8) is 0 Å². The minimum atomic E-state index is -3.78. The topological polar surface area (TPSA) is 57.6 Å². The standard InChI is InChI=1S/C12H17ClFNO3S/c1-15(7-3-2-4-8-16)19(17,18)12-9-10(14)5-6-11(12)13/h5-6,9,16H,2-4,7-8H2,1H3. The summed E-state index contributed by atoms with van der Waals surface area (Å²) in [6.45, 7) is 0.390. The molecule has 0 fully saturated rings. The molecule has 1 N–H and O–H groups in total. The molecule has 7 heteroatoms. The summed E-state index contributed by atoms with van der Waals surface area (Å²) >= 11 is 5.80. The summed E-state index contributed by atoms with van der Waals surface area (Å²) in [4.78, 5) is -0.223. The lowest BCUT2D eigenvalue weighted by molar-refractivity contribution is 0.281. The molecule has 0 aliphatic heterocycles. The number of halogens is 2. The van der Waals surface area contributed by atoms with E-state index in [4.69, 9.17) is 16.7 Å². The van der Waals surface area contributed by atoms with Crippen molar-refractivity contribution in [2.45, 2.75) is 24.2 Å². The van der Waals surface area contributed by atoms with Gasteiger partial charge in [-0.2, -0.15) is 0 Å². The Labute approximate surface area is 117 Å². The van der Waals surface area contributed by atoms with Gasteiger partial charge in [0.2, 0.25) is 10.0 Å². The van der Waals surface area contributed by atoms with Crippen LogP contribution < -0.4 is 0 Å². The number of rotatable bonds is 7. The molecule has 0 amide bonds. The molecule has 0 radical (unpaired) electrons. The van der Waals surface area contributed by atoms with Gasteiger partial charge in [0, 0.05) is 20.2 Å². The molecule has 0 atom stereocenters. The van der Waals surface area contributed by atoms with Crippen LogP contribution in [0.3, 0.4) is 0 Å². The zero-order chi connectivity index (χ0) is 14.5. The molecule has 0 aliphatic rings. The van der Waals surface area contributed by atoms with E-state index in [1.165, 1.54) is 13.1 Å². The van der Waals surface area contributed by atoms with Crippen LogP contribution in [0.5, 0.6) is 0 Å². The quantitative estimate of drug-likeness (QED) is 0.786. The van der Waals surface area contributed by atoms with Crippen LogP contribution in [0.1, 0.15) is 19.3 Å². The predicted molar refractivity (Wildman–Crippen MR) is 72.2 cm³/mol. The van der Waals surface area contributed by atoms with Crippen molar-refractivity contribution >= 4 is 21.6 Å². The summed E-state index contributed by atoms with van der Waals surface area (Å²) in [5.74, 6) is -0.642. The van der Waals surface area contributed by atoms with Crippen LogP contribution in [0, 0.1) is 5.82 Å². The minimum Gasteiger partial charge on any atom is -0.396 e. The van der Waals surface area contributed by atoms with Gasteiger partial charge in [0.05, 0.1) is 5.02 Å². The minimum absolute atomic E-state index is 0.00334. The lowest BCUT2D eigenvalue weighted by atomic mass is 10.2. The Kier molecular flexibility index (Phi) is 6.19. The molecule has 0 aliphatic carbocycles. The van der Waals surface area contributed by atoms with Gasteiger partial charge in [0.25, 0.3) is 0 Å². The molecule has 0 saturated heterocycles. The molecule has 1 rings (SSSR count). The molecular formula is C12H17ClFNO3S. The third kappa shape index (κ3) is 4.42. The van der Waals surface area contributed by atoms with Gasteiger partial charge in [-0.3, -0.25) is 0 Å². The summed E-state index contributed by atoms with van der Waals surface area (Å²) in [7, 11) is -2.35. The van der Waals surface area contributed by atoms with E-state index in [2.05, 4.69) is 0 Å². The van der Waals surface area contributed by atoms with Crippen molar-refractivity contribution in [2.24, 2.45) is 0 Å². The van der Waals surface area contributed by atoms with Crippen LogP contribution in [-0.4, -0.2) is 38.0 Å². The fourth-order valence-corrected chi connectivity index (χ4v) is 3.28. The first-order valence-corrected chi connectivity index (χ1v) is 7.73. The molecule has 1 aromatic carbocycles. The Morgan fingerprint density at radius 2 is 2.00 bits per heavy atom. The molecule has 19 heavy (non-hydrogen) atoms. The van der Waals surface area contributed by atoms with Gasteiger partial charge < -0.3 is 5.11 Å². The second-order valence-corrected chi connectivity index (χ2v) is 6.61. The Morgan fingerprint density at radius 3 is 2.63 bits per heavy atom. The maximum atomic E-state index is 13.1. The van der Waals surface area contributed by atoms with E-state index in [1.807, 2.05) is 0 Å². The fourth-order valence-electron chi connectivity index (χ4n) is 1.59. The third-order valence-corrected chi connectivity index (χ3v) is 5.05. The van der Waals surface area contributed by atoms with E-state index < -0.39 is 15.8 Å². The summed E-state index contributed by atoms with van der Waals surface area (Å²) in [5.41, 5.74) is 0. The second-order valence-electron chi connectivity index (χ2n) is 4.19. The molecular weight excluding hydrogens is 293 g/mol. The van der Waals surface area contributed by atoms with E-state index in [-0.39, 0.29) is 16.5 Å². The smallest absolute Gasteiger partial charge is 0.244 e. The first-order valence-electron chi connectivity index (χ1n) is 5.92. The normalized spacial score (nSPS) is 12.1. The monoisotopic (exact) mass is 309 g/mol. The average molecular weight is 310 g/mol. The highest BCUT2D eigenvalue weighted by atomic mass is 35.5. The molecule has 0 saturated carbocycles. The predicted octanol–water partition coefficient (Wildman–Crippen LogP) is 2.26. The number of hydrogen-bond donors (Lipinski definition) is 1. The number of aliphatic hydroxyl groups is 1. The molecule has 0 spiro atoms. The molecule has 4 nitrogen and oxygen atoms in total. The van der Waals surface area contributed by atoms with Gasteiger partial charge >= 0.3 is 0 Å². The lowest BCUT2D eigenvalue weighted by Crippen LogP contribution is -2.28. The zero-order valence-electron chi connectivity index (χ0n) is 10.6. The Bertz CT molecular complexity index is 522. The third-order valence-electron chi connectivity index (χ3n) is 2.71. The van der Waals surface area contributed by atoms with Crippen LogP contribution in [0.4, 0.5) is 4.39 Å². The summed E-state index contributed by atoms with van der Waals surface area (Å²) < 4.78 is 38.7. The maximum absolute atomic E-state index is 13.1. The van der Waals surface area contributed by atoms with Crippen molar-refractivity contribution in [1.29, 1.82) is 0 Å². The number of benzene rings is 1. The van der Waals surface area contributed by atoms with Gasteiger partial charge in [-0.15, -0.1) is 0 Å². The first-order chi connectivity index (χ1) is 8.89. The van der Waals surface area contributed by atoms with Gasteiger partial charge in [-0.25, -0.2) is 17.1 Å². The van der Waals surface area contributed by atoms with Gasteiger partial charge in [0.1, 0.15) is 10.7 Å².